The SMILES string of the molecule is Cc1ccc(-c2noc(-c3cc(O)ccc3O)n2)cc1F. The van der Waals surface area contributed by atoms with Crippen LogP contribution in [0.1, 0.15) is 5.56 Å². The number of phenols is 2. The highest BCUT2D eigenvalue weighted by atomic mass is 19.1. The number of nitrogens with zero attached hydrogens (tertiary/aromatic N) is 2. The topological polar surface area (TPSA) is 79.4 Å². The van der Waals surface area contributed by atoms with Gasteiger partial charge in [-0.15, -0.1) is 0 Å². The van der Waals surface area contributed by atoms with Crippen LogP contribution in [0.5, 0.6) is 11.5 Å². The Morgan fingerprint density at radius 2 is 1.90 bits per heavy atom. The Bertz CT molecular complexity index is 814. The molecule has 2 aromatic carbocycles. The summed E-state index contributed by atoms with van der Waals surface area (Å²) in [7, 11) is 0. The van der Waals surface area contributed by atoms with E-state index in [1.807, 2.05) is 0 Å². The number of aromatic nitrogens is 2. The fourth-order valence-corrected chi connectivity index (χ4v) is 1.88. The van der Waals surface area contributed by atoms with Crippen molar-refractivity contribution in [3.05, 3.63) is 47.8 Å². The molecule has 2 N–H and O–H groups in total. The van der Waals surface area contributed by atoms with Crippen molar-refractivity contribution in [1.29, 1.82) is 0 Å². The van der Waals surface area contributed by atoms with E-state index in [0.29, 0.717) is 11.1 Å². The third-order valence-electron chi connectivity index (χ3n) is 3.07. The van der Waals surface area contributed by atoms with Crippen LogP contribution < -0.4 is 0 Å². The fraction of sp³-hybridized carbons (Fsp3) is 0.0667. The van der Waals surface area contributed by atoms with Gasteiger partial charge in [0.05, 0.1) is 5.56 Å². The largest absolute Gasteiger partial charge is 0.508 e. The van der Waals surface area contributed by atoms with Crippen molar-refractivity contribution in [3.63, 3.8) is 0 Å². The van der Waals surface area contributed by atoms with E-state index >= 15 is 0 Å². The van der Waals surface area contributed by atoms with Gasteiger partial charge in [0.2, 0.25) is 5.82 Å². The van der Waals surface area contributed by atoms with E-state index in [-0.39, 0.29) is 34.6 Å². The van der Waals surface area contributed by atoms with Crippen molar-refractivity contribution in [2.75, 3.05) is 0 Å². The van der Waals surface area contributed by atoms with Gasteiger partial charge in [0.25, 0.3) is 5.89 Å². The zero-order valence-corrected chi connectivity index (χ0v) is 11.0. The van der Waals surface area contributed by atoms with Crippen molar-refractivity contribution in [1.82, 2.24) is 10.1 Å². The third kappa shape index (κ3) is 2.43. The summed E-state index contributed by atoms with van der Waals surface area (Å²) in [5.41, 5.74) is 1.20. The highest BCUT2D eigenvalue weighted by Crippen LogP contribution is 2.32. The van der Waals surface area contributed by atoms with Crippen molar-refractivity contribution in [3.8, 4) is 34.3 Å². The van der Waals surface area contributed by atoms with Crippen LogP contribution in [0.3, 0.4) is 0 Å². The van der Waals surface area contributed by atoms with Crippen molar-refractivity contribution >= 4 is 0 Å². The monoisotopic (exact) mass is 286 g/mol. The Hall–Kier alpha value is -2.89. The average Bonchev–Trinajstić information content (AvgIpc) is 2.94. The number of halogens is 1. The Morgan fingerprint density at radius 3 is 2.67 bits per heavy atom. The van der Waals surface area contributed by atoms with Crippen molar-refractivity contribution in [2.24, 2.45) is 0 Å². The lowest BCUT2D eigenvalue weighted by Crippen LogP contribution is -1.86. The molecule has 0 spiro atoms. The summed E-state index contributed by atoms with van der Waals surface area (Å²) in [5.74, 6) is -0.257. The normalized spacial score (nSPS) is 10.8. The van der Waals surface area contributed by atoms with Gasteiger partial charge in [-0.25, -0.2) is 4.39 Å². The van der Waals surface area contributed by atoms with Gasteiger partial charge in [-0.05, 0) is 36.8 Å². The summed E-state index contributed by atoms with van der Waals surface area (Å²) in [4.78, 5) is 4.11. The first-order valence-electron chi connectivity index (χ1n) is 6.17. The lowest BCUT2D eigenvalue weighted by Gasteiger charge is -1.99. The quantitative estimate of drug-likeness (QED) is 0.707. The number of benzene rings is 2. The molecule has 0 aliphatic heterocycles. The minimum atomic E-state index is -0.362. The molecule has 106 valence electrons. The molecule has 0 aliphatic rings. The molecule has 0 fully saturated rings. The van der Waals surface area contributed by atoms with Gasteiger partial charge in [0, 0.05) is 5.56 Å². The molecule has 0 radical (unpaired) electrons. The van der Waals surface area contributed by atoms with Gasteiger partial charge in [-0.2, -0.15) is 4.98 Å². The second kappa shape index (κ2) is 4.90. The van der Waals surface area contributed by atoms with Crippen LogP contribution in [-0.4, -0.2) is 20.4 Å². The molecule has 0 bridgehead atoms. The van der Waals surface area contributed by atoms with Gasteiger partial charge < -0.3 is 14.7 Å². The summed E-state index contributed by atoms with van der Waals surface area (Å²) in [5, 5.41) is 22.9. The third-order valence-corrected chi connectivity index (χ3v) is 3.07. The lowest BCUT2D eigenvalue weighted by atomic mass is 10.1. The zero-order chi connectivity index (χ0) is 15.0. The molecule has 3 rings (SSSR count). The molecule has 3 aromatic rings. The highest BCUT2D eigenvalue weighted by Gasteiger charge is 2.15. The molecular formula is C15H11FN2O3. The molecule has 1 aromatic heterocycles. The van der Waals surface area contributed by atoms with E-state index in [1.54, 1.807) is 19.1 Å². The van der Waals surface area contributed by atoms with Crippen LogP contribution in [0.4, 0.5) is 4.39 Å². The van der Waals surface area contributed by atoms with E-state index in [2.05, 4.69) is 10.1 Å². The van der Waals surface area contributed by atoms with Crippen LogP contribution >= 0.6 is 0 Å². The summed E-state index contributed by atoms with van der Waals surface area (Å²) in [6.07, 6.45) is 0. The van der Waals surface area contributed by atoms with Crippen LogP contribution in [0.25, 0.3) is 22.8 Å². The van der Waals surface area contributed by atoms with Gasteiger partial charge in [0.1, 0.15) is 17.3 Å². The number of rotatable bonds is 2. The first kappa shape index (κ1) is 13.1. The standard InChI is InChI=1S/C15H11FN2O3/c1-8-2-3-9(6-12(8)16)14-17-15(21-18-14)11-7-10(19)4-5-13(11)20/h2-7,19-20H,1H3. The second-order valence-corrected chi connectivity index (χ2v) is 4.59. The zero-order valence-electron chi connectivity index (χ0n) is 11.0. The number of hydrogen-bond acceptors (Lipinski definition) is 5. The summed E-state index contributed by atoms with van der Waals surface area (Å²) >= 11 is 0. The van der Waals surface area contributed by atoms with Crippen molar-refractivity contribution < 1.29 is 19.1 Å². The molecule has 1 heterocycles. The van der Waals surface area contributed by atoms with Gasteiger partial charge in [-0.1, -0.05) is 17.3 Å². The first-order chi connectivity index (χ1) is 10.0. The maximum atomic E-state index is 13.6. The van der Waals surface area contributed by atoms with Gasteiger partial charge in [0.15, 0.2) is 0 Å². The van der Waals surface area contributed by atoms with E-state index in [0.717, 1.165) is 0 Å². The maximum Gasteiger partial charge on any atom is 0.262 e. The average molecular weight is 286 g/mol. The van der Waals surface area contributed by atoms with Crippen LogP contribution in [-0.2, 0) is 0 Å². The number of aryl methyl sites for hydroxylation is 1. The fourth-order valence-electron chi connectivity index (χ4n) is 1.88. The highest BCUT2D eigenvalue weighted by molar-refractivity contribution is 5.66. The second-order valence-electron chi connectivity index (χ2n) is 4.59. The Morgan fingerprint density at radius 1 is 1.10 bits per heavy atom. The van der Waals surface area contributed by atoms with Gasteiger partial charge >= 0.3 is 0 Å². The lowest BCUT2D eigenvalue weighted by molar-refractivity contribution is 0.423. The number of hydrogen-bond donors (Lipinski definition) is 2. The number of aromatic hydroxyl groups is 2. The molecular weight excluding hydrogens is 275 g/mol. The smallest absolute Gasteiger partial charge is 0.262 e. The Kier molecular flexibility index (Phi) is 3.06. The Balaban J connectivity index is 2.03. The summed E-state index contributed by atoms with van der Waals surface area (Å²) in [6.45, 7) is 1.66. The van der Waals surface area contributed by atoms with Crippen LogP contribution in [0, 0.1) is 12.7 Å². The first-order valence-corrected chi connectivity index (χ1v) is 6.17. The molecule has 0 aliphatic carbocycles. The molecule has 21 heavy (non-hydrogen) atoms. The number of phenolic OH excluding ortho intramolecular Hbond substituents is 2. The molecule has 5 nitrogen and oxygen atoms in total. The van der Waals surface area contributed by atoms with E-state index in [4.69, 9.17) is 4.52 Å². The van der Waals surface area contributed by atoms with Crippen LogP contribution in [0.2, 0.25) is 0 Å². The van der Waals surface area contributed by atoms with E-state index < -0.39 is 0 Å². The predicted octanol–water partition coefficient (Wildman–Crippen LogP) is 3.26. The molecule has 0 unspecified atom stereocenters. The summed E-state index contributed by atoms with van der Waals surface area (Å²) in [6, 6.07) is 8.57. The molecule has 0 saturated carbocycles. The maximum absolute atomic E-state index is 13.6. The van der Waals surface area contributed by atoms with Crippen LogP contribution in [0.15, 0.2) is 40.9 Å². The minimum Gasteiger partial charge on any atom is -0.508 e. The van der Waals surface area contributed by atoms with E-state index in [9.17, 15) is 14.6 Å². The molecule has 0 saturated heterocycles. The van der Waals surface area contributed by atoms with Gasteiger partial charge in [-0.3, -0.25) is 0 Å². The minimum absolute atomic E-state index is 0.0380. The molecule has 6 heteroatoms. The van der Waals surface area contributed by atoms with Crippen molar-refractivity contribution in [2.45, 2.75) is 6.92 Å². The Labute approximate surface area is 119 Å². The summed E-state index contributed by atoms with van der Waals surface area (Å²) < 4.78 is 18.6. The van der Waals surface area contributed by atoms with E-state index in [1.165, 1.54) is 24.3 Å². The molecule has 0 atom stereocenters. The molecule has 0 amide bonds. The predicted molar refractivity (Wildman–Crippen MR) is 73.2 cm³/mol.